The van der Waals surface area contributed by atoms with E-state index in [2.05, 4.69) is 15.5 Å². The lowest BCUT2D eigenvalue weighted by Gasteiger charge is -2.32. The summed E-state index contributed by atoms with van der Waals surface area (Å²) in [6.07, 6.45) is 5.60. The Morgan fingerprint density at radius 3 is 2.62 bits per heavy atom. The van der Waals surface area contributed by atoms with Gasteiger partial charge < -0.3 is 20.3 Å². The third kappa shape index (κ3) is 5.55. The summed E-state index contributed by atoms with van der Waals surface area (Å²) >= 11 is 0. The number of hydrogen-bond donors (Lipinski definition) is 2. The molecule has 2 N–H and O–H groups in total. The number of nitrogens with zero attached hydrogens (tertiary/aromatic N) is 2. The lowest BCUT2D eigenvalue weighted by atomic mass is 9.99. The summed E-state index contributed by atoms with van der Waals surface area (Å²) in [5.41, 5.74) is 1.00. The van der Waals surface area contributed by atoms with Crippen LogP contribution in [0, 0.1) is 12.8 Å². The third-order valence-corrected chi connectivity index (χ3v) is 9.01. The van der Waals surface area contributed by atoms with Gasteiger partial charge >= 0.3 is 0 Å². The second-order valence-corrected chi connectivity index (χ2v) is 11.5. The first kappa shape index (κ1) is 24.9. The number of nitrogens with one attached hydrogen (secondary N) is 2. The van der Waals surface area contributed by atoms with E-state index in [-0.39, 0.29) is 29.2 Å². The number of rotatable bonds is 6. The Balaban J connectivity index is 1.39. The second-order valence-electron chi connectivity index (χ2n) is 9.61. The number of carbonyl (C=O) groups is 2. The number of piperidine rings is 1. The molecule has 34 heavy (non-hydrogen) atoms. The maximum Gasteiger partial charge on any atom is 0.265 e. The number of anilines is 1. The van der Waals surface area contributed by atoms with Crippen molar-refractivity contribution in [3.8, 4) is 5.75 Å². The van der Waals surface area contributed by atoms with Crippen LogP contribution in [0.15, 0.2) is 17.0 Å². The summed E-state index contributed by atoms with van der Waals surface area (Å²) in [6.45, 7) is 7.46. The SMILES string of the molecule is Cc1cc2c(cc1S(=O)(=O)N1CCCC(C(=O)NCCN3CCCCCC3)C1)OC(C)C(=O)N2. The zero-order valence-corrected chi connectivity index (χ0v) is 21.0. The van der Waals surface area contributed by atoms with E-state index in [1.807, 2.05) is 0 Å². The van der Waals surface area contributed by atoms with Crippen molar-refractivity contribution in [3.63, 3.8) is 0 Å². The Bertz CT molecular complexity index is 1020. The Labute approximate surface area is 202 Å². The first-order chi connectivity index (χ1) is 16.3. The van der Waals surface area contributed by atoms with Crippen LogP contribution >= 0.6 is 0 Å². The van der Waals surface area contributed by atoms with Crippen LogP contribution in [0.3, 0.4) is 0 Å². The molecule has 3 aliphatic rings. The minimum absolute atomic E-state index is 0.0724. The van der Waals surface area contributed by atoms with Crippen LogP contribution in [-0.4, -0.2) is 74.8 Å². The van der Waals surface area contributed by atoms with Crippen LogP contribution in [0.4, 0.5) is 5.69 Å². The van der Waals surface area contributed by atoms with E-state index >= 15 is 0 Å². The van der Waals surface area contributed by atoms with Crippen molar-refractivity contribution in [2.24, 2.45) is 5.92 Å². The van der Waals surface area contributed by atoms with Crippen LogP contribution in [-0.2, 0) is 19.6 Å². The van der Waals surface area contributed by atoms with Crippen LogP contribution in [0.1, 0.15) is 51.0 Å². The average Bonchev–Trinajstić information content (AvgIpc) is 3.08. The van der Waals surface area contributed by atoms with Crippen molar-refractivity contribution in [1.29, 1.82) is 0 Å². The van der Waals surface area contributed by atoms with Gasteiger partial charge in [-0.05, 0) is 64.3 Å². The molecule has 1 aromatic rings. The molecule has 3 aliphatic heterocycles. The molecule has 0 aromatic heterocycles. The van der Waals surface area contributed by atoms with Crippen molar-refractivity contribution in [2.75, 3.05) is 44.6 Å². The van der Waals surface area contributed by atoms with E-state index in [1.165, 1.54) is 36.1 Å². The van der Waals surface area contributed by atoms with Gasteiger partial charge in [-0.3, -0.25) is 9.59 Å². The number of ether oxygens (including phenoxy) is 1. The Morgan fingerprint density at radius 1 is 1.15 bits per heavy atom. The Hall–Kier alpha value is -2.17. The lowest BCUT2D eigenvalue weighted by molar-refractivity contribution is -0.126. The molecule has 2 fully saturated rings. The van der Waals surface area contributed by atoms with Gasteiger partial charge in [-0.2, -0.15) is 4.31 Å². The molecule has 3 heterocycles. The molecule has 0 spiro atoms. The third-order valence-electron chi connectivity index (χ3n) is 7.01. The predicted molar refractivity (Wildman–Crippen MR) is 129 cm³/mol. The van der Waals surface area contributed by atoms with E-state index < -0.39 is 16.1 Å². The van der Waals surface area contributed by atoms with Gasteiger partial charge in [0, 0.05) is 32.2 Å². The van der Waals surface area contributed by atoms with Gasteiger partial charge in [-0.15, -0.1) is 0 Å². The van der Waals surface area contributed by atoms with Crippen LogP contribution in [0.25, 0.3) is 0 Å². The predicted octanol–water partition coefficient (Wildman–Crippen LogP) is 2.11. The molecule has 0 radical (unpaired) electrons. The van der Waals surface area contributed by atoms with Gasteiger partial charge in [0.2, 0.25) is 15.9 Å². The number of carbonyl (C=O) groups excluding carboxylic acids is 2. The Kier molecular flexibility index (Phi) is 7.79. The number of fused-ring (bicyclic) bond motifs is 1. The zero-order chi connectivity index (χ0) is 24.3. The molecular weight excluding hydrogens is 456 g/mol. The molecule has 1 aromatic carbocycles. The standard InChI is InChI=1S/C24H36N4O5S/c1-17-14-20-21(33-18(2)23(29)26-20)15-22(17)34(31,32)28-12-7-8-19(16-28)24(30)25-9-13-27-10-5-3-4-6-11-27/h14-15,18-19H,3-13,16H2,1-2H3,(H,25,30)(H,26,29). The molecule has 0 bridgehead atoms. The number of aryl methyl sites for hydroxylation is 1. The highest BCUT2D eigenvalue weighted by Gasteiger charge is 2.35. The quantitative estimate of drug-likeness (QED) is 0.630. The smallest absolute Gasteiger partial charge is 0.265 e. The molecule has 2 amide bonds. The number of benzene rings is 1. The summed E-state index contributed by atoms with van der Waals surface area (Å²) in [5.74, 6) is -0.350. The molecule has 10 heteroatoms. The summed E-state index contributed by atoms with van der Waals surface area (Å²) in [5, 5.41) is 5.78. The fourth-order valence-corrected chi connectivity index (χ4v) is 6.72. The zero-order valence-electron chi connectivity index (χ0n) is 20.1. The highest BCUT2D eigenvalue weighted by atomic mass is 32.2. The van der Waals surface area contributed by atoms with Crippen molar-refractivity contribution in [3.05, 3.63) is 17.7 Å². The summed E-state index contributed by atoms with van der Waals surface area (Å²) < 4.78 is 34.0. The van der Waals surface area contributed by atoms with Gasteiger partial charge in [-0.25, -0.2) is 8.42 Å². The molecule has 188 valence electrons. The Morgan fingerprint density at radius 2 is 1.88 bits per heavy atom. The molecule has 0 aliphatic carbocycles. The summed E-state index contributed by atoms with van der Waals surface area (Å²) in [4.78, 5) is 27.3. The maximum absolute atomic E-state index is 13.5. The van der Waals surface area contributed by atoms with Crippen molar-refractivity contribution in [1.82, 2.24) is 14.5 Å². The molecule has 4 rings (SSSR count). The minimum Gasteiger partial charge on any atom is -0.479 e. The molecule has 2 unspecified atom stereocenters. The largest absolute Gasteiger partial charge is 0.479 e. The topological polar surface area (TPSA) is 108 Å². The number of sulfonamides is 1. The van der Waals surface area contributed by atoms with Crippen molar-refractivity contribution in [2.45, 2.75) is 63.4 Å². The summed E-state index contributed by atoms with van der Waals surface area (Å²) in [6, 6.07) is 3.11. The molecule has 2 atom stereocenters. The summed E-state index contributed by atoms with van der Waals surface area (Å²) in [7, 11) is -3.81. The highest BCUT2D eigenvalue weighted by Crippen LogP contribution is 2.36. The fourth-order valence-electron chi connectivity index (χ4n) is 4.98. The van der Waals surface area contributed by atoms with Crippen LogP contribution in [0.5, 0.6) is 5.75 Å². The number of hydrogen-bond acceptors (Lipinski definition) is 6. The van der Waals surface area contributed by atoms with E-state index in [0.717, 1.165) is 19.6 Å². The average molecular weight is 493 g/mol. The van der Waals surface area contributed by atoms with E-state index in [4.69, 9.17) is 4.74 Å². The van der Waals surface area contributed by atoms with Crippen LogP contribution < -0.4 is 15.4 Å². The van der Waals surface area contributed by atoms with E-state index in [0.29, 0.717) is 42.9 Å². The maximum atomic E-state index is 13.5. The van der Waals surface area contributed by atoms with Gasteiger partial charge in [-0.1, -0.05) is 12.8 Å². The van der Waals surface area contributed by atoms with Crippen LogP contribution in [0.2, 0.25) is 0 Å². The molecule has 9 nitrogen and oxygen atoms in total. The molecule has 2 saturated heterocycles. The van der Waals surface area contributed by atoms with E-state index in [1.54, 1.807) is 19.9 Å². The number of amides is 2. The first-order valence-corrected chi connectivity index (χ1v) is 13.8. The van der Waals surface area contributed by atoms with Crippen molar-refractivity contribution >= 4 is 27.5 Å². The first-order valence-electron chi connectivity index (χ1n) is 12.4. The van der Waals surface area contributed by atoms with Gasteiger partial charge in [0.15, 0.2) is 6.10 Å². The van der Waals surface area contributed by atoms with Gasteiger partial charge in [0.05, 0.1) is 16.5 Å². The number of likely N-dealkylation sites (tertiary alicyclic amines) is 1. The fraction of sp³-hybridized carbons (Fsp3) is 0.667. The lowest BCUT2D eigenvalue weighted by Crippen LogP contribution is -2.46. The minimum atomic E-state index is -3.81. The van der Waals surface area contributed by atoms with E-state index in [9.17, 15) is 18.0 Å². The van der Waals surface area contributed by atoms with Gasteiger partial charge in [0.25, 0.3) is 5.91 Å². The highest BCUT2D eigenvalue weighted by molar-refractivity contribution is 7.89. The second kappa shape index (κ2) is 10.6. The normalized spacial score (nSPS) is 24.5. The molecule has 0 saturated carbocycles. The van der Waals surface area contributed by atoms with Crippen molar-refractivity contribution < 1.29 is 22.7 Å². The van der Waals surface area contributed by atoms with Gasteiger partial charge in [0.1, 0.15) is 5.75 Å². The monoisotopic (exact) mass is 492 g/mol. The molecular formula is C24H36N4O5S.